The third-order valence-corrected chi connectivity index (χ3v) is 5.13. The Morgan fingerprint density at radius 3 is 2.69 bits per heavy atom. The van der Waals surface area contributed by atoms with Gasteiger partial charge in [0.05, 0.1) is 24.0 Å². The number of nitrogens with zero attached hydrogens (tertiary/aromatic N) is 5. The lowest BCUT2D eigenvalue weighted by Gasteiger charge is -2.09. The number of hydrogen-bond donors (Lipinski definition) is 1. The van der Waals surface area contributed by atoms with Gasteiger partial charge < -0.3 is 4.57 Å². The number of anilines is 1. The quantitative estimate of drug-likeness (QED) is 0.495. The molecule has 1 N–H and O–H groups in total. The predicted molar refractivity (Wildman–Crippen MR) is 114 cm³/mol. The number of benzene rings is 1. The first-order valence-corrected chi connectivity index (χ1v) is 9.85. The average molecular weight is 451 g/mol. The Kier molecular flexibility index (Phi) is 5.26. The van der Waals surface area contributed by atoms with E-state index in [1.165, 1.54) is 0 Å². The lowest BCUT2D eigenvalue weighted by molar-refractivity contribution is 0.102. The zero-order valence-corrected chi connectivity index (χ0v) is 17.6. The fraction of sp³-hybridized carbons (Fsp3) is 0.143. The number of halogens is 1. The second kappa shape index (κ2) is 8.00. The summed E-state index contributed by atoms with van der Waals surface area (Å²) in [6, 6.07) is 13.7. The van der Waals surface area contributed by atoms with Crippen LogP contribution in [0, 0.1) is 13.8 Å². The van der Waals surface area contributed by atoms with E-state index in [9.17, 15) is 4.79 Å². The summed E-state index contributed by atoms with van der Waals surface area (Å²) in [7, 11) is 0. The van der Waals surface area contributed by atoms with Gasteiger partial charge in [0.1, 0.15) is 6.33 Å². The highest BCUT2D eigenvalue weighted by molar-refractivity contribution is 9.10. The van der Waals surface area contributed by atoms with Crippen LogP contribution in [0.25, 0.3) is 5.69 Å². The maximum Gasteiger partial charge on any atom is 0.259 e. The van der Waals surface area contributed by atoms with Gasteiger partial charge in [0.25, 0.3) is 5.91 Å². The Morgan fingerprint density at radius 2 is 1.97 bits per heavy atom. The van der Waals surface area contributed by atoms with Crippen LogP contribution in [-0.2, 0) is 6.54 Å². The minimum Gasteiger partial charge on any atom is -0.316 e. The first kappa shape index (κ1) is 19.1. The summed E-state index contributed by atoms with van der Waals surface area (Å²) in [5.74, 6) is 0.0351. The molecule has 0 spiro atoms. The second-order valence-corrected chi connectivity index (χ2v) is 7.59. The molecule has 7 nitrogen and oxygen atoms in total. The average Bonchev–Trinajstić information content (AvgIpc) is 3.27. The Hall–Kier alpha value is -3.26. The van der Waals surface area contributed by atoms with Crippen molar-refractivity contribution < 1.29 is 4.79 Å². The third kappa shape index (κ3) is 4.12. The van der Waals surface area contributed by atoms with Gasteiger partial charge in [0.15, 0.2) is 0 Å². The third-order valence-electron chi connectivity index (χ3n) is 4.60. The van der Waals surface area contributed by atoms with Crippen molar-refractivity contribution in [3.8, 4) is 5.69 Å². The van der Waals surface area contributed by atoms with Gasteiger partial charge in [0.2, 0.25) is 5.95 Å². The van der Waals surface area contributed by atoms with Crippen LogP contribution in [0.15, 0.2) is 65.7 Å². The molecule has 0 aliphatic carbocycles. The van der Waals surface area contributed by atoms with Crippen molar-refractivity contribution in [3.05, 3.63) is 88.2 Å². The number of carbonyl (C=O) groups is 1. The number of nitrogens with one attached hydrogen (secondary N) is 1. The molecule has 4 aromatic rings. The van der Waals surface area contributed by atoms with E-state index in [0.717, 1.165) is 27.1 Å². The van der Waals surface area contributed by atoms with Gasteiger partial charge in [-0.1, -0.05) is 28.1 Å². The van der Waals surface area contributed by atoms with E-state index < -0.39 is 0 Å². The minimum absolute atomic E-state index is 0.241. The molecule has 1 aromatic carbocycles. The van der Waals surface area contributed by atoms with E-state index in [2.05, 4.69) is 36.3 Å². The molecule has 0 fully saturated rings. The summed E-state index contributed by atoms with van der Waals surface area (Å²) in [4.78, 5) is 21.2. The molecule has 0 aliphatic rings. The van der Waals surface area contributed by atoms with Crippen molar-refractivity contribution in [3.63, 3.8) is 0 Å². The first-order valence-electron chi connectivity index (χ1n) is 9.06. The molecule has 146 valence electrons. The highest BCUT2D eigenvalue weighted by atomic mass is 79.9. The van der Waals surface area contributed by atoms with Crippen molar-refractivity contribution in [2.75, 3.05) is 5.32 Å². The summed E-state index contributed by atoms with van der Waals surface area (Å²) in [6.07, 6.45) is 5.10. The SMILES string of the molecule is Cc1cc(C(=O)Nc2ncn(Cc3ccc(Br)cc3)n2)c(C)n1-c1cccnc1. The normalized spacial score (nSPS) is 10.9. The molecule has 3 aromatic heterocycles. The standard InChI is InChI=1S/C21H19BrN6O/c1-14-10-19(15(2)28(14)18-4-3-9-23-11-18)20(29)25-21-24-13-27(26-21)12-16-5-7-17(22)8-6-16/h3-11,13H,12H2,1-2H3,(H,25,26,29). The van der Waals surface area contributed by atoms with Crippen LogP contribution >= 0.6 is 15.9 Å². The van der Waals surface area contributed by atoms with Crippen molar-refractivity contribution in [1.29, 1.82) is 0 Å². The van der Waals surface area contributed by atoms with Crippen molar-refractivity contribution >= 4 is 27.8 Å². The van der Waals surface area contributed by atoms with E-state index in [0.29, 0.717) is 12.1 Å². The number of aryl methyl sites for hydroxylation is 1. The summed E-state index contributed by atoms with van der Waals surface area (Å²) < 4.78 is 4.72. The monoisotopic (exact) mass is 450 g/mol. The van der Waals surface area contributed by atoms with Crippen LogP contribution in [0.4, 0.5) is 5.95 Å². The van der Waals surface area contributed by atoms with E-state index >= 15 is 0 Å². The molecule has 0 saturated carbocycles. The van der Waals surface area contributed by atoms with Crippen LogP contribution in [0.5, 0.6) is 0 Å². The summed E-state index contributed by atoms with van der Waals surface area (Å²) >= 11 is 3.42. The maximum absolute atomic E-state index is 12.8. The van der Waals surface area contributed by atoms with Crippen molar-refractivity contribution in [1.82, 2.24) is 24.3 Å². The molecule has 0 unspecified atom stereocenters. The Balaban J connectivity index is 1.50. The Morgan fingerprint density at radius 1 is 1.17 bits per heavy atom. The van der Waals surface area contributed by atoms with E-state index in [-0.39, 0.29) is 11.9 Å². The number of rotatable bonds is 5. The summed E-state index contributed by atoms with van der Waals surface area (Å²) in [5.41, 5.74) is 4.38. The number of hydrogen-bond acceptors (Lipinski definition) is 4. The first-order chi connectivity index (χ1) is 14.0. The maximum atomic E-state index is 12.8. The molecular weight excluding hydrogens is 432 g/mol. The van der Waals surface area contributed by atoms with Gasteiger partial charge in [-0.2, -0.15) is 0 Å². The number of carbonyl (C=O) groups excluding carboxylic acids is 1. The lowest BCUT2D eigenvalue weighted by atomic mass is 10.2. The van der Waals surface area contributed by atoms with E-state index in [1.807, 2.05) is 60.9 Å². The zero-order valence-electron chi connectivity index (χ0n) is 16.0. The van der Waals surface area contributed by atoms with Crippen molar-refractivity contribution in [2.24, 2.45) is 0 Å². The van der Waals surface area contributed by atoms with Crippen LogP contribution in [-0.4, -0.2) is 30.2 Å². The molecule has 0 aliphatic heterocycles. The summed E-state index contributed by atoms with van der Waals surface area (Å²) in [6.45, 7) is 4.45. The van der Waals surface area contributed by atoms with Gasteiger partial charge in [-0.25, -0.2) is 9.67 Å². The molecule has 8 heteroatoms. The van der Waals surface area contributed by atoms with Crippen molar-refractivity contribution in [2.45, 2.75) is 20.4 Å². The van der Waals surface area contributed by atoms with Crippen LogP contribution in [0.1, 0.15) is 27.3 Å². The predicted octanol–water partition coefficient (Wildman–Crippen LogP) is 4.14. The van der Waals surface area contributed by atoms with Crippen LogP contribution in [0.2, 0.25) is 0 Å². The fourth-order valence-corrected chi connectivity index (χ4v) is 3.51. The lowest BCUT2D eigenvalue weighted by Crippen LogP contribution is -2.14. The molecular formula is C21H19BrN6O. The number of aromatic nitrogens is 5. The largest absolute Gasteiger partial charge is 0.316 e. The van der Waals surface area contributed by atoms with E-state index in [1.54, 1.807) is 23.4 Å². The molecule has 29 heavy (non-hydrogen) atoms. The minimum atomic E-state index is -0.241. The molecule has 0 atom stereocenters. The molecule has 1 amide bonds. The van der Waals surface area contributed by atoms with Gasteiger partial charge in [0, 0.05) is 22.1 Å². The molecule has 3 heterocycles. The van der Waals surface area contributed by atoms with Gasteiger partial charge in [-0.3, -0.25) is 15.1 Å². The summed E-state index contributed by atoms with van der Waals surface area (Å²) in [5, 5.41) is 7.14. The smallest absolute Gasteiger partial charge is 0.259 e. The molecule has 4 rings (SSSR count). The highest BCUT2D eigenvalue weighted by Crippen LogP contribution is 2.21. The van der Waals surface area contributed by atoms with Gasteiger partial charge >= 0.3 is 0 Å². The zero-order chi connectivity index (χ0) is 20.4. The Labute approximate surface area is 176 Å². The number of pyridine rings is 1. The van der Waals surface area contributed by atoms with Crippen LogP contribution in [0.3, 0.4) is 0 Å². The second-order valence-electron chi connectivity index (χ2n) is 6.68. The highest BCUT2D eigenvalue weighted by Gasteiger charge is 2.18. The Bertz CT molecular complexity index is 1150. The fourth-order valence-electron chi connectivity index (χ4n) is 3.25. The number of amides is 1. The van der Waals surface area contributed by atoms with E-state index in [4.69, 9.17) is 0 Å². The van der Waals surface area contributed by atoms with Gasteiger partial charge in [-0.05, 0) is 49.7 Å². The molecule has 0 radical (unpaired) electrons. The van der Waals surface area contributed by atoms with Crippen LogP contribution < -0.4 is 5.32 Å². The topological polar surface area (TPSA) is 77.6 Å². The molecule has 0 bridgehead atoms. The van der Waals surface area contributed by atoms with Gasteiger partial charge in [-0.15, -0.1) is 5.10 Å². The molecule has 0 saturated heterocycles.